The molecule has 0 aliphatic heterocycles. The van der Waals surface area contributed by atoms with Crippen LogP contribution in [-0.4, -0.2) is 16.1 Å². The van der Waals surface area contributed by atoms with Crippen molar-refractivity contribution in [2.24, 2.45) is 5.92 Å². The molecule has 0 unspecified atom stereocenters. The fraction of sp³-hybridized carbons (Fsp3) is 0.545. The quantitative estimate of drug-likeness (QED) is 0.752. The van der Waals surface area contributed by atoms with E-state index in [2.05, 4.69) is 39.8 Å². The standard InChI is InChI=1S/C22H31N3O/c1-16-20(17(2)25-24-16)13-14-22(26)23-21(19-11-7-4-8-12-19)15-18-9-5-3-6-10-18/h4,7-8,11-12,18,21H,3,5-6,9-10,13-15H2,1-2H3,(H,23,26)(H,24,25)/t21-/m1/s1. The maximum absolute atomic E-state index is 12.6. The maximum atomic E-state index is 12.6. The van der Waals surface area contributed by atoms with Gasteiger partial charge in [-0.25, -0.2) is 0 Å². The van der Waals surface area contributed by atoms with E-state index in [1.54, 1.807) is 0 Å². The van der Waals surface area contributed by atoms with Crippen molar-refractivity contribution in [1.29, 1.82) is 0 Å². The highest BCUT2D eigenvalue weighted by Crippen LogP contribution is 2.32. The third-order valence-corrected chi connectivity index (χ3v) is 5.71. The van der Waals surface area contributed by atoms with Crippen LogP contribution in [0.15, 0.2) is 30.3 Å². The molecule has 1 aromatic carbocycles. The van der Waals surface area contributed by atoms with Gasteiger partial charge in [-0.1, -0.05) is 62.4 Å². The molecule has 3 rings (SSSR count). The Bertz CT molecular complexity index is 682. The van der Waals surface area contributed by atoms with Gasteiger partial charge in [0.05, 0.1) is 11.7 Å². The smallest absolute Gasteiger partial charge is 0.220 e. The van der Waals surface area contributed by atoms with Gasteiger partial charge in [0.15, 0.2) is 0 Å². The van der Waals surface area contributed by atoms with E-state index in [1.807, 2.05) is 19.9 Å². The van der Waals surface area contributed by atoms with Gasteiger partial charge in [0, 0.05) is 12.1 Å². The summed E-state index contributed by atoms with van der Waals surface area (Å²) in [5.41, 5.74) is 4.46. The zero-order valence-electron chi connectivity index (χ0n) is 16.1. The molecule has 1 heterocycles. The number of hydrogen-bond donors (Lipinski definition) is 2. The topological polar surface area (TPSA) is 57.8 Å². The summed E-state index contributed by atoms with van der Waals surface area (Å²) in [7, 11) is 0. The number of H-pyrrole nitrogens is 1. The number of benzene rings is 1. The molecular formula is C22H31N3O. The first-order chi connectivity index (χ1) is 12.6. The van der Waals surface area contributed by atoms with Crippen LogP contribution in [0.1, 0.15) is 73.5 Å². The summed E-state index contributed by atoms with van der Waals surface area (Å²) in [6.07, 6.45) is 8.93. The Balaban J connectivity index is 1.61. The van der Waals surface area contributed by atoms with Crippen LogP contribution >= 0.6 is 0 Å². The lowest BCUT2D eigenvalue weighted by Crippen LogP contribution is -2.30. The van der Waals surface area contributed by atoms with Crippen LogP contribution in [0.4, 0.5) is 0 Å². The summed E-state index contributed by atoms with van der Waals surface area (Å²) < 4.78 is 0. The number of carbonyl (C=O) groups excluding carboxylic acids is 1. The van der Waals surface area contributed by atoms with E-state index in [-0.39, 0.29) is 11.9 Å². The SMILES string of the molecule is Cc1n[nH]c(C)c1CCC(=O)N[C@H](CC1CCCCC1)c1ccccc1. The van der Waals surface area contributed by atoms with E-state index in [0.29, 0.717) is 6.42 Å². The number of aromatic nitrogens is 2. The molecule has 2 N–H and O–H groups in total. The van der Waals surface area contributed by atoms with E-state index in [0.717, 1.165) is 30.1 Å². The van der Waals surface area contributed by atoms with Gasteiger partial charge in [-0.3, -0.25) is 9.89 Å². The van der Waals surface area contributed by atoms with Crippen molar-refractivity contribution < 1.29 is 4.79 Å². The molecule has 0 saturated heterocycles. The summed E-state index contributed by atoms with van der Waals surface area (Å²) in [5.74, 6) is 0.863. The van der Waals surface area contributed by atoms with E-state index in [4.69, 9.17) is 0 Å². The van der Waals surface area contributed by atoms with Crippen LogP contribution in [0, 0.1) is 19.8 Å². The molecule has 0 bridgehead atoms. The van der Waals surface area contributed by atoms with Crippen molar-refractivity contribution in [2.45, 2.75) is 71.3 Å². The second-order valence-corrected chi connectivity index (χ2v) is 7.68. The number of hydrogen-bond acceptors (Lipinski definition) is 2. The van der Waals surface area contributed by atoms with Gasteiger partial charge in [0.25, 0.3) is 0 Å². The van der Waals surface area contributed by atoms with Crippen LogP contribution in [0.25, 0.3) is 0 Å². The zero-order chi connectivity index (χ0) is 18.4. The fourth-order valence-corrected chi connectivity index (χ4v) is 4.17. The van der Waals surface area contributed by atoms with Gasteiger partial charge < -0.3 is 5.32 Å². The van der Waals surface area contributed by atoms with E-state index in [9.17, 15) is 4.79 Å². The number of carbonyl (C=O) groups is 1. The summed E-state index contributed by atoms with van der Waals surface area (Å²) in [6, 6.07) is 10.6. The van der Waals surface area contributed by atoms with Crippen molar-refractivity contribution in [1.82, 2.24) is 15.5 Å². The van der Waals surface area contributed by atoms with Crippen LogP contribution < -0.4 is 5.32 Å². The molecule has 140 valence electrons. The first-order valence-corrected chi connectivity index (χ1v) is 9.98. The molecule has 1 aliphatic carbocycles. The highest BCUT2D eigenvalue weighted by atomic mass is 16.1. The normalized spacial score (nSPS) is 16.4. The summed E-state index contributed by atoms with van der Waals surface area (Å²) in [4.78, 5) is 12.6. The molecule has 1 aliphatic rings. The minimum Gasteiger partial charge on any atom is -0.349 e. The second kappa shape index (κ2) is 9.02. The predicted octanol–water partition coefficient (Wildman–Crippen LogP) is 4.79. The predicted molar refractivity (Wildman–Crippen MR) is 105 cm³/mol. The number of aryl methyl sites for hydroxylation is 2. The molecule has 1 amide bonds. The monoisotopic (exact) mass is 353 g/mol. The number of amides is 1. The van der Waals surface area contributed by atoms with Crippen molar-refractivity contribution in [3.63, 3.8) is 0 Å². The largest absolute Gasteiger partial charge is 0.349 e. The molecule has 1 aromatic heterocycles. The summed E-state index contributed by atoms with van der Waals surface area (Å²) in [5, 5.41) is 10.5. The molecule has 26 heavy (non-hydrogen) atoms. The van der Waals surface area contributed by atoms with Gasteiger partial charge in [-0.05, 0) is 43.7 Å². The van der Waals surface area contributed by atoms with Crippen molar-refractivity contribution in [3.8, 4) is 0 Å². The Hall–Kier alpha value is -2.10. The molecule has 2 aromatic rings. The van der Waals surface area contributed by atoms with Gasteiger partial charge in [0.2, 0.25) is 5.91 Å². The van der Waals surface area contributed by atoms with Gasteiger partial charge >= 0.3 is 0 Å². The van der Waals surface area contributed by atoms with Crippen molar-refractivity contribution in [2.75, 3.05) is 0 Å². The highest BCUT2D eigenvalue weighted by Gasteiger charge is 2.22. The lowest BCUT2D eigenvalue weighted by atomic mass is 9.83. The highest BCUT2D eigenvalue weighted by molar-refractivity contribution is 5.76. The number of nitrogens with zero attached hydrogens (tertiary/aromatic N) is 1. The fourth-order valence-electron chi connectivity index (χ4n) is 4.17. The van der Waals surface area contributed by atoms with E-state index in [1.165, 1.54) is 43.2 Å². The maximum Gasteiger partial charge on any atom is 0.220 e. The van der Waals surface area contributed by atoms with Crippen molar-refractivity contribution in [3.05, 3.63) is 52.8 Å². The summed E-state index contributed by atoms with van der Waals surface area (Å²) in [6.45, 7) is 4.01. The molecule has 4 heteroatoms. The lowest BCUT2D eigenvalue weighted by molar-refractivity contribution is -0.122. The van der Waals surface area contributed by atoms with Gasteiger partial charge in [-0.15, -0.1) is 0 Å². The third kappa shape index (κ3) is 4.96. The Labute approximate surface area is 156 Å². The Morgan fingerprint density at radius 2 is 1.92 bits per heavy atom. The molecule has 1 atom stereocenters. The number of rotatable bonds is 7. The number of aromatic amines is 1. The lowest BCUT2D eigenvalue weighted by Gasteiger charge is -2.27. The Morgan fingerprint density at radius 3 is 2.58 bits per heavy atom. The van der Waals surface area contributed by atoms with Gasteiger partial charge in [-0.2, -0.15) is 5.10 Å². The Kier molecular flexibility index (Phi) is 6.48. The average Bonchev–Trinajstić information content (AvgIpc) is 2.99. The van der Waals surface area contributed by atoms with Crippen LogP contribution in [0.3, 0.4) is 0 Å². The minimum atomic E-state index is 0.123. The molecule has 1 saturated carbocycles. The molecule has 0 radical (unpaired) electrons. The Morgan fingerprint density at radius 1 is 1.19 bits per heavy atom. The van der Waals surface area contributed by atoms with Gasteiger partial charge in [0.1, 0.15) is 0 Å². The average molecular weight is 354 g/mol. The second-order valence-electron chi connectivity index (χ2n) is 7.68. The third-order valence-electron chi connectivity index (χ3n) is 5.71. The zero-order valence-corrected chi connectivity index (χ0v) is 16.1. The molecule has 1 fully saturated rings. The molecular weight excluding hydrogens is 322 g/mol. The summed E-state index contributed by atoms with van der Waals surface area (Å²) >= 11 is 0. The van der Waals surface area contributed by atoms with Crippen LogP contribution in [-0.2, 0) is 11.2 Å². The van der Waals surface area contributed by atoms with Crippen molar-refractivity contribution >= 4 is 5.91 Å². The number of nitrogens with one attached hydrogen (secondary N) is 2. The molecule has 4 nitrogen and oxygen atoms in total. The first kappa shape index (κ1) is 18.7. The van der Waals surface area contributed by atoms with E-state index >= 15 is 0 Å². The van der Waals surface area contributed by atoms with Crippen LogP contribution in [0.2, 0.25) is 0 Å². The minimum absolute atomic E-state index is 0.123. The van der Waals surface area contributed by atoms with E-state index < -0.39 is 0 Å². The first-order valence-electron chi connectivity index (χ1n) is 9.98. The van der Waals surface area contributed by atoms with Crippen LogP contribution in [0.5, 0.6) is 0 Å². The molecule has 0 spiro atoms.